The number of benzene rings is 3. The first-order valence-corrected chi connectivity index (χ1v) is 12.1. The topological polar surface area (TPSA) is 115 Å². The predicted molar refractivity (Wildman–Crippen MR) is 144 cm³/mol. The summed E-state index contributed by atoms with van der Waals surface area (Å²) in [5, 5.41) is 12.7. The van der Waals surface area contributed by atoms with Gasteiger partial charge in [-0.25, -0.2) is 4.79 Å². The average Bonchev–Trinajstić information content (AvgIpc) is 2.95. The van der Waals surface area contributed by atoms with Gasteiger partial charge in [-0.2, -0.15) is 5.26 Å². The minimum absolute atomic E-state index is 0.0335. The van der Waals surface area contributed by atoms with Crippen molar-refractivity contribution in [2.75, 3.05) is 20.8 Å². The SMILES string of the molecule is COc1ccc(CCNC(=O)CCn2c(=O)c3ccccc3n(Cc3ccccc3C#N)c2=O)cc1OC. The van der Waals surface area contributed by atoms with Crippen LogP contribution in [0.4, 0.5) is 0 Å². The number of aromatic nitrogens is 2. The quantitative estimate of drug-likeness (QED) is 0.349. The van der Waals surface area contributed by atoms with Crippen molar-refractivity contribution in [2.45, 2.75) is 25.9 Å². The zero-order valence-corrected chi connectivity index (χ0v) is 21.3. The van der Waals surface area contributed by atoms with Gasteiger partial charge in [0.25, 0.3) is 5.56 Å². The first kappa shape index (κ1) is 26.2. The van der Waals surface area contributed by atoms with E-state index in [1.165, 1.54) is 4.57 Å². The Labute approximate surface area is 219 Å². The molecule has 0 saturated carbocycles. The summed E-state index contributed by atoms with van der Waals surface area (Å²) >= 11 is 0. The Kier molecular flexibility index (Phi) is 8.23. The van der Waals surface area contributed by atoms with Gasteiger partial charge in [-0.15, -0.1) is 0 Å². The number of hydrogen-bond acceptors (Lipinski definition) is 6. The number of nitrogens with zero attached hydrogens (tertiary/aromatic N) is 3. The maximum absolute atomic E-state index is 13.4. The summed E-state index contributed by atoms with van der Waals surface area (Å²) in [5.41, 5.74) is 1.59. The molecule has 1 N–H and O–H groups in total. The molecule has 194 valence electrons. The molecule has 38 heavy (non-hydrogen) atoms. The molecule has 3 aromatic carbocycles. The van der Waals surface area contributed by atoms with Gasteiger partial charge >= 0.3 is 5.69 Å². The number of carbonyl (C=O) groups excluding carboxylic acids is 1. The number of hydrogen-bond donors (Lipinski definition) is 1. The number of para-hydroxylation sites is 1. The molecule has 0 unspecified atom stereocenters. The smallest absolute Gasteiger partial charge is 0.331 e. The predicted octanol–water partition coefficient (Wildman–Crippen LogP) is 2.85. The number of fused-ring (bicyclic) bond motifs is 1. The first-order valence-electron chi connectivity index (χ1n) is 12.1. The van der Waals surface area contributed by atoms with Gasteiger partial charge in [0.15, 0.2) is 11.5 Å². The maximum atomic E-state index is 13.4. The van der Waals surface area contributed by atoms with E-state index in [2.05, 4.69) is 11.4 Å². The molecule has 0 fully saturated rings. The molecule has 0 atom stereocenters. The number of nitrogens with one attached hydrogen (secondary N) is 1. The molecule has 1 heterocycles. The Bertz CT molecular complexity index is 1630. The highest BCUT2D eigenvalue weighted by Gasteiger charge is 2.15. The van der Waals surface area contributed by atoms with Crippen LogP contribution in [0.2, 0.25) is 0 Å². The van der Waals surface area contributed by atoms with Crippen molar-refractivity contribution in [3.63, 3.8) is 0 Å². The largest absolute Gasteiger partial charge is 0.493 e. The van der Waals surface area contributed by atoms with Gasteiger partial charge in [0.1, 0.15) is 0 Å². The van der Waals surface area contributed by atoms with E-state index < -0.39 is 11.2 Å². The van der Waals surface area contributed by atoms with Crippen LogP contribution >= 0.6 is 0 Å². The van der Waals surface area contributed by atoms with Crippen LogP contribution in [0.25, 0.3) is 10.9 Å². The van der Waals surface area contributed by atoms with Gasteiger partial charge in [0.2, 0.25) is 5.91 Å². The molecular weight excluding hydrogens is 484 g/mol. The van der Waals surface area contributed by atoms with Gasteiger partial charge < -0.3 is 14.8 Å². The van der Waals surface area contributed by atoms with Crippen LogP contribution in [0.3, 0.4) is 0 Å². The van der Waals surface area contributed by atoms with Gasteiger partial charge in [-0.1, -0.05) is 36.4 Å². The molecule has 0 aliphatic rings. The minimum Gasteiger partial charge on any atom is -0.493 e. The van der Waals surface area contributed by atoms with Gasteiger partial charge in [-0.05, 0) is 47.9 Å². The second kappa shape index (κ2) is 11.9. The standard InChI is InChI=1S/C29H28N4O5/c1-37-25-12-11-20(17-26(25)38-2)13-15-31-27(34)14-16-32-28(35)23-9-5-6-10-24(23)33(29(32)36)19-22-8-4-3-7-21(22)18-30/h3-12,17H,13-16,19H2,1-2H3,(H,31,34). The lowest BCUT2D eigenvalue weighted by molar-refractivity contribution is -0.121. The second-order valence-electron chi connectivity index (χ2n) is 8.65. The minimum atomic E-state index is -0.528. The third-order valence-corrected chi connectivity index (χ3v) is 6.34. The Balaban J connectivity index is 1.50. The third kappa shape index (κ3) is 5.60. The number of amides is 1. The number of carbonyl (C=O) groups is 1. The molecule has 1 amide bonds. The second-order valence-corrected chi connectivity index (χ2v) is 8.65. The third-order valence-electron chi connectivity index (χ3n) is 6.34. The van der Waals surface area contributed by atoms with Crippen LogP contribution in [0.1, 0.15) is 23.1 Å². The summed E-state index contributed by atoms with van der Waals surface area (Å²) in [6.07, 6.45) is 0.543. The molecule has 0 aliphatic heterocycles. The van der Waals surface area contributed by atoms with Crippen molar-refractivity contribution in [3.8, 4) is 17.6 Å². The summed E-state index contributed by atoms with van der Waals surface area (Å²) in [4.78, 5) is 39.1. The molecule has 9 heteroatoms. The Morgan fingerprint density at radius 1 is 0.947 bits per heavy atom. The summed E-state index contributed by atoms with van der Waals surface area (Å²) in [6.45, 7) is 0.446. The summed E-state index contributed by atoms with van der Waals surface area (Å²) in [6, 6.07) is 21.6. The Morgan fingerprint density at radius 3 is 2.45 bits per heavy atom. The van der Waals surface area contributed by atoms with E-state index in [1.807, 2.05) is 18.2 Å². The number of methoxy groups -OCH3 is 2. The van der Waals surface area contributed by atoms with E-state index in [-0.39, 0.29) is 25.4 Å². The van der Waals surface area contributed by atoms with E-state index in [9.17, 15) is 19.6 Å². The highest BCUT2D eigenvalue weighted by molar-refractivity contribution is 5.78. The van der Waals surface area contributed by atoms with Crippen molar-refractivity contribution < 1.29 is 14.3 Å². The molecule has 9 nitrogen and oxygen atoms in total. The lowest BCUT2D eigenvalue weighted by Crippen LogP contribution is -2.41. The lowest BCUT2D eigenvalue weighted by atomic mass is 10.1. The Morgan fingerprint density at radius 2 is 1.68 bits per heavy atom. The molecule has 0 saturated heterocycles. The number of ether oxygens (including phenoxy) is 2. The summed E-state index contributed by atoms with van der Waals surface area (Å²) in [7, 11) is 3.13. The fourth-order valence-electron chi connectivity index (χ4n) is 4.34. The van der Waals surface area contributed by atoms with Crippen molar-refractivity contribution in [3.05, 3.63) is 104 Å². The van der Waals surface area contributed by atoms with Crippen LogP contribution in [0, 0.1) is 11.3 Å². The van der Waals surface area contributed by atoms with Crippen LogP contribution in [-0.4, -0.2) is 35.8 Å². The summed E-state index contributed by atoms with van der Waals surface area (Å²) in [5.74, 6) is 0.967. The molecule has 1 aromatic heterocycles. The van der Waals surface area contributed by atoms with Crippen LogP contribution < -0.4 is 26.0 Å². The fraction of sp³-hybridized carbons (Fsp3) is 0.241. The van der Waals surface area contributed by atoms with Crippen LogP contribution in [-0.2, 0) is 24.3 Å². The van der Waals surface area contributed by atoms with Gasteiger partial charge in [0.05, 0.1) is 43.3 Å². The zero-order chi connectivity index (χ0) is 27.1. The van der Waals surface area contributed by atoms with Gasteiger partial charge in [-0.3, -0.25) is 18.7 Å². The molecule has 0 spiro atoms. The normalized spacial score (nSPS) is 10.7. The van der Waals surface area contributed by atoms with E-state index in [4.69, 9.17) is 9.47 Å². The van der Waals surface area contributed by atoms with Crippen molar-refractivity contribution in [1.29, 1.82) is 5.26 Å². The van der Waals surface area contributed by atoms with Gasteiger partial charge in [0, 0.05) is 19.5 Å². The highest BCUT2D eigenvalue weighted by atomic mass is 16.5. The molecule has 0 aliphatic carbocycles. The average molecular weight is 513 g/mol. The fourth-order valence-corrected chi connectivity index (χ4v) is 4.34. The van der Waals surface area contributed by atoms with Crippen molar-refractivity contribution >= 4 is 16.8 Å². The molecule has 4 aromatic rings. The van der Waals surface area contributed by atoms with Crippen LogP contribution in [0.5, 0.6) is 11.5 Å². The molecule has 4 rings (SSSR count). The molecule has 0 bridgehead atoms. The molecular formula is C29H28N4O5. The molecule has 0 radical (unpaired) electrons. The van der Waals surface area contributed by atoms with E-state index in [0.717, 1.165) is 10.1 Å². The first-order chi connectivity index (χ1) is 18.5. The monoisotopic (exact) mass is 512 g/mol. The maximum Gasteiger partial charge on any atom is 0.331 e. The number of rotatable bonds is 10. The van der Waals surface area contributed by atoms with E-state index in [1.54, 1.807) is 62.8 Å². The van der Waals surface area contributed by atoms with E-state index >= 15 is 0 Å². The lowest BCUT2D eigenvalue weighted by Gasteiger charge is -2.15. The summed E-state index contributed by atoms with van der Waals surface area (Å²) < 4.78 is 13.1. The van der Waals surface area contributed by atoms with Crippen molar-refractivity contribution in [2.24, 2.45) is 0 Å². The highest BCUT2D eigenvalue weighted by Crippen LogP contribution is 2.27. The van der Waals surface area contributed by atoms with E-state index in [0.29, 0.717) is 46.5 Å². The zero-order valence-electron chi connectivity index (χ0n) is 21.3. The van der Waals surface area contributed by atoms with Crippen LogP contribution in [0.15, 0.2) is 76.3 Å². The number of nitriles is 1. The van der Waals surface area contributed by atoms with Crippen molar-refractivity contribution in [1.82, 2.24) is 14.5 Å². The Hall–Kier alpha value is -4.84.